The smallest absolute Gasteiger partial charge is 0.165 e. The van der Waals surface area contributed by atoms with Crippen molar-refractivity contribution in [2.45, 2.75) is 27.2 Å². The third kappa shape index (κ3) is 3.80. The van der Waals surface area contributed by atoms with Crippen molar-refractivity contribution >= 4 is 5.78 Å². The van der Waals surface area contributed by atoms with E-state index in [1.807, 2.05) is 13.8 Å². The van der Waals surface area contributed by atoms with Gasteiger partial charge in [-0.15, -0.1) is 0 Å². The molecule has 0 aliphatic rings. The van der Waals surface area contributed by atoms with Gasteiger partial charge in [0.05, 0.1) is 12.2 Å². The van der Waals surface area contributed by atoms with Gasteiger partial charge in [0.1, 0.15) is 17.4 Å². The summed E-state index contributed by atoms with van der Waals surface area (Å²) in [5.74, 6) is -1.81. The van der Waals surface area contributed by atoms with Crippen molar-refractivity contribution in [3.63, 3.8) is 0 Å². The number of ether oxygens (including phenoxy) is 1. The van der Waals surface area contributed by atoms with Crippen LogP contribution >= 0.6 is 0 Å². The van der Waals surface area contributed by atoms with E-state index in [-0.39, 0.29) is 5.75 Å². The molecule has 94 valence electrons. The standard InChI is InChI=1S/C13H16F2O2/c1-8(2)4-5-17-10-6-11(14)13(9(3)16)12(15)7-10/h6-8H,4-5H2,1-3H3. The van der Waals surface area contributed by atoms with E-state index in [1.165, 1.54) is 0 Å². The zero-order chi connectivity index (χ0) is 13.0. The number of carbonyl (C=O) groups is 1. The first-order chi connectivity index (χ1) is 7.91. The van der Waals surface area contributed by atoms with E-state index in [2.05, 4.69) is 0 Å². The van der Waals surface area contributed by atoms with Crippen molar-refractivity contribution in [2.24, 2.45) is 5.92 Å². The molecule has 0 spiro atoms. The Hall–Kier alpha value is -1.45. The molecule has 0 N–H and O–H groups in total. The highest BCUT2D eigenvalue weighted by molar-refractivity contribution is 5.94. The number of carbonyl (C=O) groups excluding carboxylic acids is 1. The van der Waals surface area contributed by atoms with Crippen LogP contribution in [0.1, 0.15) is 37.6 Å². The molecular weight excluding hydrogens is 226 g/mol. The van der Waals surface area contributed by atoms with E-state index < -0.39 is 23.0 Å². The highest BCUT2D eigenvalue weighted by atomic mass is 19.1. The molecule has 1 aromatic carbocycles. The van der Waals surface area contributed by atoms with E-state index in [4.69, 9.17) is 4.74 Å². The molecule has 0 radical (unpaired) electrons. The van der Waals surface area contributed by atoms with Gasteiger partial charge in [-0.25, -0.2) is 8.78 Å². The van der Waals surface area contributed by atoms with E-state index in [0.29, 0.717) is 12.5 Å². The molecule has 0 unspecified atom stereocenters. The van der Waals surface area contributed by atoms with E-state index in [9.17, 15) is 13.6 Å². The number of Topliss-reactive ketones (excluding diaryl/α,β-unsaturated/α-hetero) is 1. The van der Waals surface area contributed by atoms with Crippen molar-refractivity contribution in [3.8, 4) is 5.75 Å². The second kappa shape index (κ2) is 5.75. The molecule has 17 heavy (non-hydrogen) atoms. The molecule has 0 bridgehead atoms. The first-order valence-corrected chi connectivity index (χ1v) is 5.54. The van der Waals surface area contributed by atoms with E-state index in [1.54, 1.807) is 0 Å². The van der Waals surface area contributed by atoms with Gasteiger partial charge >= 0.3 is 0 Å². The fourth-order valence-electron chi connectivity index (χ4n) is 1.38. The molecule has 0 aliphatic carbocycles. The SMILES string of the molecule is CC(=O)c1c(F)cc(OCCC(C)C)cc1F. The molecule has 0 heterocycles. The van der Waals surface area contributed by atoms with Crippen LogP contribution in [0.2, 0.25) is 0 Å². The molecule has 2 nitrogen and oxygen atoms in total. The van der Waals surface area contributed by atoms with Gasteiger partial charge < -0.3 is 4.74 Å². The first kappa shape index (κ1) is 13.6. The predicted molar refractivity (Wildman–Crippen MR) is 61.3 cm³/mol. The fraction of sp³-hybridized carbons (Fsp3) is 0.462. The van der Waals surface area contributed by atoms with Gasteiger partial charge in [0, 0.05) is 12.1 Å². The number of halogens is 2. The molecule has 1 rings (SSSR count). The van der Waals surface area contributed by atoms with Gasteiger partial charge in [0.25, 0.3) is 0 Å². The summed E-state index contributed by atoms with van der Waals surface area (Å²) < 4.78 is 32.0. The maximum atomic E-state index is 13.4. The predicted octanol–water partition coefficient (Wildman–Crippen LogP) is 3.59. The summed E-state index contributed by atoms with van der Waals surface area (Å²) in [5, 5.41) is 0. The highest BCUT2D eigenvalue weighted by Gasteiger charge is 2.15. The largest absolute Gasteiger partial charge is 0.493 e. The summed E-state index contributed by atoms with van der Waals surface area (Å²) in [5.41, 5.74) is -0.513. The summed E-state index contributed by atoms with van der Waals surface area (Å²) in [6.07, 6.45) is 0.803. The third-order valence-corrected chi connectivity index (χ3v) is 2.33. The molecule has 0 saturated heterocycles. The Morgan fingerprint density at radius 3 is 2.24 bits per heavy atom. The molecule has 0 fully saturated rings. The number of hydrogen-bond donors (Lipinski definition) is 0. The normalized spacial score (nSPS) is 10.7. The average molecular weight is 242 g/mol. The molecule has 4 heteroatoms. The van der Waals surface area contributed by atoms with Crippen LogP contribution in [0.5, 0.6) is 5.75 Å². The zero-order valence-corrected chi connectivity index (χ0v) is 10.2. The maximum absolute atomic E-state index is 13.4. The lowest BCUT2D eigenvalue weighted by molar-refractivity contribution is 0.100. The quantitative estimate of drug-likeness (QED) is 0.737. The molecule has 0 aromatic heterocycles. The van der Waals surface area contributed by atoms with Gasteiger partial charge in [-0.2, -0.15) is 0 Å². The van der Waals surface area contributed by atoms with Crippen LogP contribution in [0, 0.1) is 17.6 Å². The minimum Gasteiger partial charge on any atom is -0.493 e. The van der Waals surface area contributed by atoms with E-state index in [0.717, 1.165) is 25.5 Å². The first-order valence-electron chi connectivity index (χ1n) is 5.54. The van der Waals surface area contributed by atoms with E-state index >= 15 is 0 Å². The lowest BCUT2D eigenvalue weighted by atomic mass is 10.1. The lowest BCUT2D eigenvalue weighted by Crippen LogP contribution is -2.05. The van der Waals surface area contributed by atoms with Gasteiger partial charge in [0.2, 0.25) is 0 Å². The summed E-state index contributed by atoms with van der Waals surface area (Å²) in [4.78, 5) is 11.0. The van der Waals surface area contributed by atoms with Crippen LogP contribution < -0.4 is 4.74 Å². The van der Waals surface area contributed by atoms with Crippen molar-refractivity contribution in [2.75, 3.05) is 6.61 Å². The number of rotatable bonds is 5. The Bertz CT molecular complexity index is 391. The van der Waals surface area contributed by atoms with Crippen molar-refractivity contribution < 1.29 is 18.3 Å². The maximum Gasteiger partial charge on any atom is 0.165 e. The topological polar surface area (TPSA) is 26.3 Å². The van der Waals surface area contributed by atoms with Gasteiger partial charge in [-0.1, -0.05) is 13.8 Å². The Morgan fingerprint density at radius 2 is 1.82 bits per heavy atom. The monoisotopic (exact) mass is 242 g/mol. The number of benzene rings is 1. The van der Waals surface area contributed by atoms with Gasteiger partial charge in [0.15, 0.2) is 5.78 Å². The van der Waals surface area contributed by atoms with Crippen molar-refractivity contribution in [1.82, 2.24) is 0 Å². The molecule has 0 saturated carbocycles. The highest BCUT2D eigenvalue weighted by Crippen LogP contribution is 2.21. The Kier molecular flexibility index (Phi) is 4.61. The molecule has 0 aliphatic heterocycles. The molecular formula is C13H16F2O2. The fourth-order valence-corrected chi connectivity index (χ4v) is 1.38. The van der Waals surface area contributed by atoms with Crippen LogP contribution in [-0.4, -0.2) is 12.4 Å². The van der Waals surface area contributed by atoms with Crippen LogP contribution in [0.4, 0.5) is 8.78 Å². The second-order valence-electron chi connectivity index (χ2n) is 4.35. The van der Waals surface area contributed by atoms with Crippen LogP contribution in [0.3, 0.4) is 0 Å². The molecule has 1 aromatic rings. The van der Waals surface area contributed by atoms with Crippen LogP contribution in [-0.2, 0) is 0 Å². The van der Waals surface area contributed by atoms with Crippen molar-refractivity contribution in [3.05, 3.63) is 29.3 Å². The Morgan fingerprint density at radius 1 is 1.29 bits per heavy atom. The second-order valence-corrected chi connectivity index (χ2v) is 4.35. The molecule has 0 atom stereocenters. The zero-order valence-electron chi connectivity index (χ0n) is 10.2. The van der Waals surface area contributed by atoms with Crippen LogP contribution in [0.15, 0.2) is 12.1 Å². The minimum atomic E-state index is -0.878. The minimum absolute atomic E-state index is 0.116. The Balaban J connectivity index is 2.80. The van der Waals surface area contributed by atoms with Gasteiger partial charge in [-0.05, 0) is 19.3 Å². The summed E-state index contributed by atoms with van der Waals surface area (Å²) >= 11 is 0. The third-order valence-electron chi connectivity index (χ3n) is 2.33. The number of ketones is 1. The van der Waals surface area contributed by atoms with Crippen molar-refractivity contribution in [1.29, 1.82) is 0 Å². The number of hydrogen-bond acceptors (Lipinski definition) is 2. The van der Waals surface area contributed by atoms with Gasteiger partial charge in [-0.3, -0.25) is 4.79 Å². The summed E-state index contributed by atoms with van der Waals surface area (Å²) in [7, 11) is 0. The summed E-state index contributed by atoms with van der Waals surface area (Å²) in [6, 6.07) is 2.08. The Labute approximate surface area is 99.6 Å². The lowest BCUT2D eigenvalue weighted by Gasteiger charge is -2.09. The summed E-state index contributed by atoms with van der Waals surface area (Å²) in [6.45, 7) is 5.59. The molecule has 0 amide bonds. The average Bonchev–Trinajstić information content (AvgIpc) is 2.14. The van der Waals surface area contributed by atoms with Crippen LogP contribution in [0.25, 0.3) is 0 Å².